The Labute approximate surface area is 240 Å². The van der Waals surface area contributed by atoms with Crippen LogP contribution in [0.1, 0.15) is 40.1 Å². The summed E-state index contributed by atoms with van der Waals surface area (Å²) in [5.41, 5.74) is 3.11. The first-order chi connectivity index (χ1) is 19.3. The lowest BCUT2D eigenvalue weighted by atomic mass is 10.1. The van der Waals surface area contributed by atoms with E-state index in [0.717, 1.165) is 10.5 Å². The summed E-state index contributed by atoms with van der Waals surface area (Å²) < 4.78 is 0. The monoisotopic (exact) mass is 569 g/mol. The Hall–Kier alpha value is -4.47. The molecule has 0 saturated heterocycles. The number of carbonyl (C=O) groups excluding carboxylic acids is 4. The van der Waals surface area contributed by atoms with E-state index < -0.39 is 5.91 Å². The smallest absolute Gasteiger partial charge is 0.272 e. The van der Waals surface area contributed by atoms with Gasteiger partial charge in [-0.15, -0.1) is 11.8 Å². The number of rotatable bonds is 10. The molecule has 1 aromatic heterocycles. The Morgan fingerprint density at radius 2 is 1.45 bits per heavy atom. The van der Waals surface area contributed by atoms with Crippen molar-refractivity contribution in [2.75, 3.05) is 10.6 Å². The fourth-order valence-electron chi connectivity index (χ4n) is 3.57. The second-order valence-electron chi connectivity index (χ2n) is 8.80. The summed E-state index contributed by atoms with van der Waals surface area (Å²) in [4.78, 5) is 50.8. The summed E-state index contributed by atoms with van der Waals surface area (Å²) in [5.74, 6) is -1.05. The Bertz CT molecular complexity index is 1520. The summed E-state index contributed by atoms with van der Waals surface area (Å²) >= 11 is 2.87. The molecular weight excluding hydrogens is 542 g/mol. The number of hydrogen-bond donors (Lipinski definition) is 3. The predicted octanol–water partition coefficient (Wildman–Crippen LogP) is 6.48. The van der Waals surface area contributed by atoms with Crippen LogP contribution in [-0.2, 0) is 9.59 Å². The Balaban J connectivity index is 1.37. The van der Waals surface area contributed by atoms with Crippen molar-refractivity contribution in [1.82, 2.24) is 5.32 Å². The number of thioether (sulfide) groups is 1. The maximum atomic E-state index is 13.1. The fourth-order valence-corrected chi connectivity index (χ4v) is 5.06. The number of thiophene rings is 1. The molecule has 3 N–H and O–H groups in total. The normalized spacial score (nSPS) is 11.8. The Morgan fingerprint density at radius 3 is 2.08 bits per heavy atom. The fraction of sp³-hybridized carbons (Fsp3) is 0.0968. The van der Waals surface area contributed by atoms with Crippen molar-refractivity contribution < 1.29 is 19.2 Å². The first-order valence-electron chi connectivity index (χ1n) is 12.4. The molecule has 0 fully saturated rings. The summed E-state index contributed by atoms with van der Waals surface area (Å²) in [6.07, 6.45) is 1.63. The van der Waals surface area contributed by atoms with Crippen molar-refractivity contribution in [2.24, 2.45) is 0 Å². The third kappa shape index (κ3) is 8.02. The summed E-state index contributed by atoms with van der Waals surface area (Å²) in [6.45, 7) is 3.30. The van der Waals surface area contributed by atoms with E-state index >= 15 is 0 Å². The van der Waals surface area contributed by atoms with Crippen molar-refractivity contribution in [1.29, 1.82) is 0 Å². The number of anilines is 2. The van der Waals surface area contributed by atoms with E-state index in [1.165, 1.54) is 30.0 Å². The molecule has 0 aliphatic carbocycles. The minimum atomic E-state index is -0.459. The number of ketones is 1. The van der Waals surface area contributed by atoms with Gasteiger partial charge >= 0.3 is 0 Å². The maximum absolute atomic E-state index is 13.1. The summed E-state index contributed by atoms with van der Waals surface area (Å²) in [7, 11) is 0. The SMILES string of the molecule is CC(=O)c1ccc(NC(=O)C(C)Sc2ccc(NC(=O)/C(=C/c3ccsc3)NC(=O)c3ccccc3)cc2)cc1. The van der Waals surface area contributed by atoms with Crippen molar-refractivity contribution in [2.45, 2.75) is 24.0 Å². The van der Waals surface area contributed by atoms with Crippen LogP contribution in [0.3, 0.4) is 0 Å². The molecule has 0 bridgehead atoms. The number of carbonyl (C=O) groups is 4. The molecule has 4 rings (SSSR count). The lowest BCUT2D eigenvalue weighted by Crippen LogP contribution is -2.30. The minimum Gasteiger partial charge on any atom is -0.325 e. The molecule has 9 heteroatoms. The van der Waals surface area contributed by atoms with Crippen LogP contribution >= 0.6 is 23.1 Å². The van der Waals surface area contributed by atoms with Gasteiger partial charge in [0.05, 0.1) is 5.25 Å². The van der Waals surface area contributed by atoms with Gasteiger partial charge in [0, 0.05) is 27.4 Å². The van der Waals surface area contributed by atoms with Crippen LogP contribution < -0.4 is 16.0 Å². The zero-order valence-electron chi connectivity index (χ0n) is 21.8. The second kappa shape index (κ2) is 13.5. The third-order valence-electron chi connectivity index (χ3n) is 5.74. The standard InChI is InChI=1S/C31H27N3O4S2/c1-20(35)23-8-10-25(11-9-23)32-29(36)21(2)40-27-14-12-26(13-15-27)33-31(38)28(18-22-16-17-39-19-22)34-30(37)24-6-4-3-5-7-24/h3-19,21H,1-2H3,(H,32,36)(H,33,38)(H,34,37)/b28-18-. The van der Waals surface area contributed by atoms with Gasteiger partial charge in [0.1, 0.15) is 5.70 Å². The van der Waals surface area contributed by atoms with Gasteiger partial charge in [-0.05, 0) is 103 Å². The number of hydrogen-bond acceptors (Lipinski definition) is 6. The highest BCUT2D eigenvalue weighted by molar-refractivity contribution is 8.00. The lowest BCUT2D eigenvalue weighted by Gasteiger charge is -2.13. The molecule has 1 heterocycles. The van der Waals surface area contributed by atoms with Crippen LogP contribution in [0.4, 0.5) is 11.4 Å². The van der Waals surface area contributed by atoms with E-state index in [0.29, 0.717) is 22.5 Å². The van der Waals surface area contributed by atoms with Gasteiger partial charge in [-0.1, -0.05) is 18.2 Å². The average Bonchev–Trinajstić information content (AvgIpc) is 3.47. The number of benzene rings is 3. The van der Waals surface area contributed by atoms with Crippen LogP contribution in [0, 0.1) is 0 Å². The van der Waals surface area contributed by atoms with Gasteiger partial charge in [0.2, 0.25) is 5.91 Å². The predicted molar refractivity (Wildman–Crippen MR) is 162 cm³/mol. The molecule has 0 radical (unpaired) electrons. The van der Waals surface area contributed by atoms with Gasteiger partial charge in [0.15, 0.2) is 5.78 Å². The van der Waals surface area contributed by atoms with Crippen LogP contribution in [0.15, 0.2) is 106 Å². The molecule has 0 aliphatic heterocycles. The maximum Gasteiger partial charge on any atom is 0.272 e. The van der Waals surface area contributed by atoms with Gasteiger partial charge in [-0.25, -0.2) is 0 Å². The second-order valence-corrected chi connectivity index (χ2v) is 11.0. The molecule has 3 amide bonds. The number of nitrogens with one attached hydrogen (secondary N) is 3. The topological polar surface area (TPSA) is 104 Å². The van der Waals surface area contributed by atoms with Crippen molar-refractivity contribution in [3.8, 4) is 0 Å². The van der Waals surface area contributed by atoms with Gasteiger partial charge in [-0.2, -0.15) is 11.3 Å². The Kier molecular flexibility index (Phi) is 9.66. The van der Waals surface area contributed by atoms with Crippen molar-refractivity contribution >= 4 is 64.1 Å². The Morgan fingerprint density at radius 1 is 0.800 bits per heavy atom. The van der Waals surface area contributed by atoms with Gasteiger partial charge in [0.25, 0.3) is 11.8 Å². The van der Waals surface area contributed by atoms with E-state index in [4.69, 9.17) is 0 Å². The van der Waals surface area contributed by atoms with E-state index in [9.17, 15) is 19.2 Å². The molecule has 0 aliphatic rings. The summed E-state index contributed by atoms with van der Waals surface area (Å²) in [5, 5.41) is 11.8. The molecule has 1 atom stereocenters. The molecule has 7 nitrogen and oxygen atoms in total. The molecule has 4 aromatic rings. The number of Topliss-reactive ketones (excluding diaryl/α,β-unsaturated/α-hetero) is 1. The quantitative estimate of drug-likeness (QED) is 0.115. The van der Waals surface area contributed by atoms with Crippen LogP contribution in [0.5, 0.6) is 0 Å². The van der Waals surface area contributed by atoms with E-state index in [2.05, 4.69) is 16.0 Å². The highest BCUT2D eigenvalue weighted by Gasteiger charge is 2.17. The van der Waals surface area contributed by atoms with E-state index in [1.54, 1.807) is 73.7 Å². The van der Waals surface area contributed by atoms with Crippen LogP contribution in [-0.4, -0.2) is 28.8 Å². The first-order valence-corrected chi connectivity index (χ1v) is 14.2. The molecule has 0 spiro atoms. The van der Waals surface area contributed by atoms with Gasteiger partial charge in [-0.3, -0.25) is 19.2 Å². The highest BCUT2D eigenvalue weighted by Crippen LogP contribution is 2.26. The zero-order valence-corrected chi connectivity index (χ0v) is 23.5. The van der Waals surface area contributed by atoms with Gasteiger partial charge < -0.3 is 16.0 Å². The first kappa shape index (κ1) is 28.5. The largest absolute Gasteiger partial charge is 0.325 e. The lowest BCUT2D eigenvalue weighted by molar-refractivity contribution is -0.115. The number of amides is 3. The average molecular weight is 570 g/mol. The van der Waals surface area contributed by atoms with E-state index in [-0.39, 0.29) is 28.5 Å². The van der Waals surface area contributed by atoms with E-state index in [1.807, 2.05) is 35.0 Å². The molecule has 0 saturated carbocycles. The molecule has 40 heavy (non-hydrogen) atoms. The molecule has 1 unspecified atom stereocenters. The molecule has 202 valence electrons. The summed E-state index contributed by atoms with van der Waals surface area (Å²) in [6, 6.07) is 24.4. The van der Waals surface area contributed by atoms with Crippen molar-refractivity contribution in [3.05, 3.63) is 118 Å². The molecule has 3 aromatic carbocycles. The third-order valence-corrected chi connectivity index (χ3v) is 7.55. The minimum absolute atomic E-state index is 0.0342. The highest BCUT2D eigenvalue weighted by atomic mass is 32.2. The van der Waals surface area contributed by atoms with Crippen LogP contribution in [0.2, 0.25) is 0 Å². The zero-order chi connectivity index (χ0) is 28.5. The van der Waals surface area contributed by atoms with Crippen LogP contribution in [0.25, 0.3) is 6.08 Å². The molecular formula is C31H27N3O4S2. The van der Waals surface area contributed by atoms with Crippen molar-refractivity contribution in [3.63, 3.8) is 0 Å².